The smallest absolute Gasteiger partial charge is 0.307 e. The molecule has 0 aromatic heterocycles. The van der Waals surface area contributed by atoms with Crippen LogP contribution in [0.25, 0.3) is 0 Å². The number of hydrogen-bond acceptors (Lipinski definition) is 3. The third-order valence-electron chi connectivity index (χ3n) is 2.08. The standard InChI is InChI=1S/C10H21NO2/c1-5-6-11-9(8(2)3)7-10(12)13-4/h8-9,11H,5-7H2,1-4H3. The molecule has 0 aliphatic heterocycles. The molecule has 1 unspecified atom stereocenters. The second-order valence-corrected chi connectivity index (χ2v) is 3.58. The quantitative estimate of drug-likeness (QED) is 0.641. The highest BCUT2D eigenvalue weighted by Gasteiger charge is 2.16. The van der Waals surface area contributed by atoms with E-state index in [1.165, 1.54) is 7.11 Å². The average Bonchev–Trinajstić information content (AvgIpc) is 2.11. The second-order valence-electron chi connectivity index (χ2n) is 3.58. The Kier molecular flexibility index (Phi) is 6.59. The molecule has 0 aromatic carbocycles. The Balaban J connectivity index is 3.87. The lowest BCUT2D eigenvalue weighted by atomic mass is 10.0. The average molecular weight is 187 g/mol. The Bertz CT molecular complexity index is 146. The van der Waals surface area contributed by atoms with E-state index in [9.17, 15) is 4.79 Å². The van der Waals surface area contributed by atoms with Crippen molar-refractivity contribution in [2.75, 3.05) is 13.7 Å². The van der Waals surface area contributed by atoms with Crippen LogP contribution < -0.4 is 5.32 Å². The molecular formula is C10H21NO2. The van der Waals surface area contributed by atoms with Gasteiger partial charge in [-0.15, -0.1) is 0 Å². The normalized spacial score (nSPS) is 13.0. The summed E-state index contributed by atoms with van der Waals surface area (Å²) in [6, 6.07) is 0.243. The van der Waals surface area contributed by atoms with E-state index in [4.69, 9.17) is 0 Å². The number of nitrogens with one attached hydrogen (secondary N) is 1. The van der Waals surface area contributed by atoms with E-state index in [1.807, 2.05) is 0 Å². The van der Waals surface area contributed by atoms with Crippen LogP contribution in [0.5, 0.6) is 0 Å². The summed E-state index contributed by atoms with van der Waals surface area (Å²) in [5, 5.41) is 3.33. The molecule has 3 heteroatoms. The van der Waals surface area contributed by atoms with Crippen LogP contribution >= 0.6 is 0 Å². The van der Waals surface area contributed by atoms with Crippen molar-refractivity contribution in [3.8, 4) is 0 Å². The highest BCUT2D eigenvalue weighted by atomic mass is 16.5. The molecule has 0 fully saturated rings. The molecule has 0 amide bonds. The van der Waals surface area contributed by atoms with Gasteiger partial charge in [0.1, 0.15) is 0 Å². The maximum atomic E-state index is 11.0. The maximum Gasteiger partial charge on any atom is 0.307 e. The molecule has 0 bridgehead atoms. The van der Waals surface area contributed by atoms with Crippen molar-refractivity contribution in [1.82, 2.24) is 5.32 Å². The molecule has 78 valence electrons. The van der Waals surface area contributed by atoms with Gasteiger partial charge in [0.15, 0.2) is 0 Å². The first-order valence-electron chi connectivity index (χ1n) is 4.92. The topological polar surface area (TPSA) is 38.3 Å². The maximum absolute atomic E-state index is 11.0. The Hall–Kier alpha value is -0.570. The summed E-state index contributed by atoms with van der Waals surface area (Å²) in [5.74, 6) is 0.327. The van der Waals surface area contributed by atoms with E-state index in [0.29, 0.717) is 12.3 Å². The number of rotatable bonds is 6. The van der Waals surface area contributed by atoms with Crippen LogP contribution in [0.2, 0.25) is 0 Å². The first kappa shape index (κ1) is 12.4. The fraction of sp³-hybridized carbons (Fsp3) is 0.900. The minimum atomic E-state index is -0.137. The number of methoxy groups -OCH3 is 1. The molecule has 1 atom stereocenters. The lowest BCUT2D eigenvalue weighted by molar-refractivity contribution is -0.141. The van der Waals surface area contributed by atoms with Crippen LogP contribution in [-0.4, -0.2) is 25.7 Å². The SMILES string of the molecule is CCCNC(CC(=O)OC)C(C)C. The van der Waals surface area contributed by atoms with Gasteiger partial charge in [-0.1, -0.05) is 20.8 Å². The van der Waals surface area contributed by atoms with Crippen LogP contribution in [0.4, 0.5) is 0 Å². The predicted molar refractivity (Wildman–Crippen MR) is 53.6 cm³/mol. The molecule has 0 spiro atoms. The third-order valence-corrected chi connectivity index (χ3v) is 2.08. The fourth-order valence-corrected chi connectivity index (χ4v) is 1.14. The third kappa shape index (κ3) is 5.64. The van der Waals surface area contributed by atoms with Crippen molar-refractivity contribution < 1.29 is 9.53 Å². The summed E-state index contributed by atoms with van der Waals surface area (Å²) in [6.45, 7) is 7.29. The van der Waals surface area contributed by atoms with Gasteiger partial charge in [-0.2, -0.15) is 0 Å². The molecule has 0 heterocycles. The summed E-state index contributed by atoms with van der Waals surface area (Å²) < 4.78 is 4.63. The molecule has 0 aromatic rings. The molecule has 0 saturated carbocycles. The summed E-state index contributed by atoms with van der Waals surface area (Å²) in [4.78, 5) is 11.0. The number of esters is 1. The molecule has 0 radical (unpaired) electrons. The summed E-state index contributed by atoms with van der Waals surface area (Å²) in [6.07, 6.45) is 1.55. The summed E-state index contributed by atoms with van der Waals surface area (Å²) in [5.41, 5.74) is 0. The minimum absolute atomic E-state index is 0.137. The van der Waals surface area contributed by atoms with Gasteiger partial charge in [-0.25, -0.2) is 0 Å². The van der Waals surface area contributed by atoms with E-state index in [0.717, 1.165) is 13.0 Å². The lowest BCUT2D eigenvalue weighted by Gasteiger charge is -2.20. The second kappa shape index (κ2) is 6.89. The zero-order valence-corrected chi connectivity index (χ0v) is 9.09. The fourth-order valence-electron chi connectivity index (χ4n) is 1.14. The number of carbonyl (C=O) groups excluding carboxylic acids is 1. The van der Waals surface area contributed by atoms with Gasteiger partial charge in [0.05, 0.1) is 13.5 Å². The van der Waals surface area contributed by atoms with Gasteiger partial charge in [0.25, 0.3) is 0 Å². The molecular weight excluding hydrogens is 166 g/mol. The molecule has 0 aliphatic carbocycles. The van der Waals surface area contributed by atoms with Crippen molar-refractivity contribution in [3.05, 3.63) is 0 Å². The molecule has 3 nitrogen and oxygen atoms in total. The Morgan fingerprint density at radius 1 is 1.46 bits per heavy atom. The van der Waals surface area contributed by atoms with Crippen LogP contribution in [0.1, 0.15) is 33.6 Å². The Morgan fingerprint density at radius 3 is 2.46 bits per heavy atom. The van der Waals surface area contributed by atoms with Crippen LogP contribution in [0.3, 0.4) is 0 Å². The zero-order valence-electron chi connectivity index (χ0n) is 9.09. The summed E-state index contributed by atoms with van der Waals surface area (Å²) in [7, 11) is 1.43. The number of hydrogen-bond donors (Lipinski definition) is 1. The van der Waals surface area contributed by atoms with E-state index < -0.39 is 0 Å². The number of ether oxygens (including phenoxy) is 1. The van der Waals surface area contributed by atoms with Gasteiger partial charge in [-0.05, 0) is 18.9 Å². The van der Waals surface area contributed by atoms with Crippen molar-refractivity contribution in [3.63, 3.8) is 0 Å². The minimum Gasteiger partial charge on any atom is -0.469 e. The van der Waals surface area contributed by atoms with Crippen molar-refractivity contribution in [2.24, 2.45) is 5.92 Å². The Morgan fingerprint density at radius 2 is 2.08 bits per heavy atom. The molecule has 0 saturated heterocycles. The molecule has 13 heavy (non-hydrogen) atoms. The van der Waals surface area contributed by atoms with Crippen molar-refractivity contribution in [2.45, 2.75) is 39.7 Å². The van der Waals surface area contributed by atoms with Crippen molar-refractivity contribution in [1.29, 1.82) is 0 Å². The largest absolute Gasteiger partial charge is 0.469 e. The lowest BCUT2D eigenvalue weighted by Crippen LogP contribution is -2.36. The van der Waals surface area contributed by atoms with Crippen LogP contribution in [-0.2, 0) is 9.53 Å². The van der Waals surface area contributed by atoms with Gasteiger partial charge in [0, 0.05) is 6.04 Å². The van der Waals surface area contributed by atoms with Gasteiger partial charge in [-0.3, -0.25) is 4.79 Å². The van der Waals surface area contributed by atoms with E-state index in [-0.39, 0.29) is 12.0 Å². The van der Waals surface area contributed by atoms with Gasteiger partial charge < -0.3 is 10.1 Å². The monoisotopic (exact) mass is 187 g/mol. The van der Waals surface area contributed by atoms with E-state index >= 15 is 0 Å². The van der Waals surface area contributed by atoms with Crippen LogP contribution in [0.15, 0.2) is 0 Å². The van der Waals surface area contributed by atoms with Crippen LogP contribution in [0, 0.1) is 5.92 Å². The van der Waals surface area contributed by atoms with Crippen molar-refractivity contribution >= 4 is 5.97 Å². The predicted octanol–water partition coefficient (Wildman–Crippen LogP) is 1.57. The molecule has 0 aliphatic rings. The highest BCUT2D eigenvalue weighted by molar-refractivity contribution is 5.69. The van der Waals surface area contributed by atoms with Gasteiger partial charge >= 0.3 is 5.97 Å². The first-order valence-corrected chi connectivity index (χ1v) is 4.92. The van der Waals surface area contributed by atoms with E-state index in [1.54, 1.807) is 0 Å². The highest BCUT2D eigenvalue weighted by Crippen LogP contribution is 2.06. The first-order chi connectivity index (χ1) is 6.11. The molecule has 0 rings (SSSR count). The van der Waals surface area contributed by atoms with E-state index in [2.05, 4.69) is 30.8 Å². The zero-order chi connectivity index (χ0) is 10.3. The number of carbonyl (C=O) groups is 1. The Labute approximate surface area is 80.8 Å². The summed E-state index contributed by atoms with van der Waals surface area (Å²) >= 11 is 0. The van der Waals surface area contributed by atoms with Gasteiger partial charge in [0.2, 0.25) is 0 Å². The molecule has 1 N–H and O–H groups in total.